The number of nitrogens with one attached hydrogen (secondary N) is 1. The zero-order valence-corrected chi connectivity index (χ0v) is 5.44. The Morgan fingerprint density at radius 2 is 2.44 bits per heavy atom. The van der Waals surface area contributed by atoms with Crippen molar-refractivity contribution in [2.75, 3.05) is 5.73 Å². The summed E-state index contributed by atoms with van der Waals surface area (Å²) in [5, 5.41) is 0. The van der Waals surface area contributed by atoms with Crippen LogP contribution in [0.25, 0.3) is 6.08 Å². The fourth-order valence-electron chi connectivity index (χ4n) is 0.825. The normalized spacial score (nSPS) is 9.44. The molecule has 0 fully saturated rings. The fourth-order valence-corrected chi connectivity index (χ4v) is 0.825. The van der Waals surface area contributed by atoms with Gasteiger partial charge in [-0.1, -0.05) is 12.7 Å². The highest BCUT2D eigenvalue weighted by Crippen LogP contribution is 2.15. The average molecular weight is 122 g/mol. The lowest BCUT2D eigenvalue weighted by Gasteiger charge is -1.89. The van der Waals surface area contributed by atoms with Crippen LogP contribution in [0.3, 0.4) is 0 Å². The number of rotatable bonds is 1. The number of nitrogens with two attached hydrogens (primary N) is 1. The van der Waals surface area contributed by atoms with E-state index in [9.17, 15) is 0 Å². The second-order valence-electron chi connectivity index (χ2n) is 2.00. The van der Waals surface area contributed by atoms with E-state index in [0.29, 0.717) is 5.82 Å². The Kier molecular flexibility index (Phi) is 1.30. The number of H-pyrrole nitrogens is 1. The lowest BCUT2D eigenvalue weighted by molar-refractivity contribution is 1.39. The summed E-state index contributed by atoms with van der Waals surface area (Å²) in [5.41, 5.74) is 7.68. The molecule has 0 amide bonds. The highest BCUT2D eigenvalue weighted by Gasteiger charge is 1.97. The Morgan fingerprint density at radius 1 is 1.78 bits per heavy atom. The largest absolute Gasteiger partial charge is 0.385 e. The highest BCUT2D eigenvalue weighted by molar-refractivity contribution is 5.63. The van der Waals surface area contributed by atoms with E-state index in [2.05, 4.69) is 11.6 Å². The molecule has 0 aliphatic carbocycles. The molecule has 0 atom stereocenters. The third kappa shape index (κ3) is 0.830. The topological polar surface area (TPSA) is 41.8 Å². The Labute approximate surface area is 54.4 Å². The van der Waals surface area contributed by atoms with Crippen LogP contribution in [-0.4, -0.2) is 4.98 Å². The maximum Gasteiger partial charge on any atom is 0.108 e. The van der Waals surface area contributed by atoms with E-state index >= 15 is 0 Å². The van der Waals surface area contributed by atoms with Crippen molar-refractivity contribution in [3.63, 3.8) is 0 Å². The van der Waals surface area contributed by atoms with Gasteiger partial charge in [0.2, 0.25) is 0 Å². The summed E-state index contributed by atoms with van der Waals surface area (Å²) >= 11 is 0. The van der Waals surface area contributed by atoms with Crippen LogP contribution in [0.15, 0.2) is 12.8 Å². The SMILES string of the molecule is C=Cc1c(C)c[nH]c1N. The number of anilines is 1. The molecule has 0 unspecified atom stereocenters. The van der Waals surface area contributed by atoms with Gasteiger partial charge in [0.05, 0.1) is 0 Å². The van der Waals surface area contributed by atoms with Gasteiger partial charge in [0.15, 0.2) is 0 Å². The predicted molar refractivity (Wildman–Crippen MR) is 40.0 cm³/mol. The van der Waals surface area contributed by atoms with Gasteiger partial charge < -0.3 is 10.7 Å². The summed E-state index contributed by atoms with van der Waals surface area (Å²) in [6.45, 7) is 5.61. The molecule has 9 heavy (non-hydrogen) atoms. The molecule has 1 aromatic heterocycles. The number of nitrogen functional groups attached to an aromatic ring is 1. The molecule has 1 heterocycles. The van der Waals surface area contributed by atoms with E-state index in [1.807, 2.05) is 13.1 Å². The van der Waals surface area contributed by atoms with Crippen LogP contribution in [0.1, 0.15) is 11.1 Å². The Hall–Kier alpha value is -1.18. The lowest BCUT2D eigenvalue weighted by Crippen LogP contribution is -1.85. The van der Waals surface area contributed by atoms with Crippen LogP contribution in [0.5, 0.6) is 0 Å². The van der Waals surface area contributed by atoms with Crippen LogP contribution in [0.2, 0.25) is 0 Å². The van der Waals surface area contributed by atoms with Crippen molar-refractivity contribution in [3.05, 3.63) is 23.9 Å². The standard InChI is InChI=1S/C7H10N2/c1-3-6-5(2)4-9-7(6)8/h3-4,9H,1,8H2,2H3. The zero-order valence-electron chi connectivity index (χ0n) is 5.44. The molecule has 1 aromatic rings. The van der Waals surface area contributed by atoms with Gasteiger partial charge in [0, 0.05) is 11.8 Å². The van der Waals surface area contributed by atoms with E-state index in [4.69, 9.17) is 5.73 Å². The number of aromatic amines is 1. The Balaban J connectivity index is 3.22. The quantitative estimate of drug-likeness (QED) is 0.583. The number of aryl methyl sites for hydroxylation is 1. The highest BCUT2D eigenvalue weighted by atomic mass is 14.8. The van der Waals surface area contributed by atoms with Crippen LogP contribution >= 0.6 is 0 Å². The van der Waals surface area contributed by atoms with Gasteiger partial charge in [0.1, 0.15) is 5.82 Å². The molecular formula is C7H10N2. The van der Waals surface area contributed by atoms with E-state index in [1.165, 1.54) is 0 Å². The van der Waals surface area contributed by atoms with E-state index in [-0.39, 0.29) is 0 Å². The van der Waals surface area contributed by atoms with Crippen molar-refractivity contribution in [2.24, 2.45) is 0 Å². The van der Waals surface area contributed by atoms with Crippen molar-refractivity contribution in [3.8, 4) is 0 Å². The first-order chi connectivity index (χ1) is 4.25. The summed E-state index contributed by atoms with van der Waals surface area (Å²) in [4.78, 5) is 2.89. The van der Waals surface area contributed by atoms with Crippen LogP contribution in [0.4, 0.5) is 5.82 Å². The first-order valence-electron chi connectivity index (χ1n) is 2.81. The summed E-state index contributed by atoms with van der Waals surface area (Å²) < 4.78 is 0. The molecule has 0 saturated carbocycles. The van der Waals surface area contributed by atoms with E-state index < -0.39 is 0 Å². The number of aromatic nitrogens is 1. The summed E-state index contributed by atoms with van der Waals surface area (Å²) in [6.07, 6.45) is 3.62. The Morgan fingerprint density at radius 3 is 2.67 bits per heavy atom. The van der Waals surface area contributed by atoms with Crippen molar-refractivity contribution < 1.29 is 0 Å². The van der Waals surface area contributed by atoms with E-state index in [0.717, 1.165) is 11.1 Å². The molecule has 0 aromatic carbocycles. The van der Waals surface area contributed by atoms with Crippen LogP contribution < -0.4 is 5.73 Å². The third-order valence-electron chi connectivity index (χ3n) is 1.36. The lowest BCUT2D eigenvalue weighted by atomic mass is 10.2. The molecule has 1 rings (SSSR count). The molecule has 0 aliphatic rings. The minimum absolute atomic E-state index is 0.697. The average Bonchev–Trinajstić information content (AvgIpc) is 2.12. The van der Waals surface area contributed by atoms with Gasteiger partial charge in [-0.25, -0.2) is 0 Å². The third-order valence-corrected chi connectivity index (χ3v) is 1.36. The van der Waals surface area contributed by atoms with Crippen molar-refractivity contribution in [1.29, 1.82) is 0 Å². The molecule has 0 aliphatic heterocycles. The molecule has 0 radical (unpaired) electrons. The minimum atomic E-state index is 0.697. The zero-order chi connectivity index (χ0) is 6.85. The van der Waals surface area contributed by atoms with Gasteiger partial charge in [-0.15, -0.1) is 0 Å². The van der Waals surface area contributed by atoms with Crippen LogP contribution in [0, 0.1) is 6.92 Å². The molecule has 0 bridgehead atoms. The van der Waals surface area contributed by atoms with Gasteiger partial charge >= 0.3 is 0 Å². The first kappa shape index (κ1) is 5.95. The molecule has 2 heteroatoms. The Bertz CT molecular complexity index is 203. The van der Waals surface area contributed by atoms with Crippen molar-refractivity contribution in [1.82, 2.24) is 4.98 Å². The second-order valence-corrected chi connectivity index (χ2v) is 2.00. The summed E-state index contributed by atoms with van der Waals surface area (Å²) in [7, 11) is 0. The fraction of sp³-hybridized carbons (Fsp3) is 0.143. The number of hydrogen-bond donors (Lipinski definition) is 2. The molecule has 0 saturated heterocycles. The molecule has 3 N–H and O–H groups in total. The second kappa shape index (κ2) is 1.97. The van der Waals surface area contributed by atoms with Crippen molar-refractivity contribution >= 4 is 11.9 Å². The van der Waals surface area contributed by atoms with Crippen LogP contribution in [-0.2, 0) is 0 Å². The van der Waals surface area contributed by atoms with E-state index in [1.54, 1.807) is 6.08 Å². The maximum atomic E-state index is 5.53. The van der Waals surface area contributed by atoms with Gasteiger partial charge in [0.25, 0.3) is 0 Å². The molecule has 48 valence electrons. The summed E-state index contributed by atoms with van der Waals surface area (Å²) in [5.74, 6) is 0.697. The van der Waals surface area contributed by atoms with Gasteiger partial charge in [-0.2, -0.15) is 0 Å². The maximum absolute atomic E-state index is 5.53. The predicted octanol–water partition coefficient (Wildman–Crippen LogP) is 1.55. The molecule has 0 spiro atoms. The minimum Gasteiger partial charge on any atom is -0.385 e. The van der Waals surface area contributed by atoms with Gasteiger partial charge in [-0.3, -0.25) is 0 Å². The molecule has 2 nitrogen and oxygen atoms in total. The summed E-state index contributed by atoms with van der Waals surface area (Å²) in [6, 6.07) is 0. The monoisotopic (exact) mass is 122 g/mol. The smallest absolute Gasteiger partial charge is 0.108 e. The first-order valence-corrected chi connectivity index (χ1v) is 2.81. The van der Waals surface area contributed by atoms with Crippen molar-refractivity contribution in [2.45, 2.75) is 6.92 Å². The number of hydrogen-bond acceptors (Lipinski definition) is 1. The van der Waals surface area contributed by atoms with Gasteiger partial charge in [-0.05, 0) is 12.5 Å². The molecular weight excluding hydrogens is 112 g/mol.